The van der Waals surface area contributed by atoms with Crippen molar-refractivity contribution in [2.45, 2.75) is 5.75 Å². The van der Waals surface area contributed by atoms with E-state index in [-0.39, 0.29) is 5.75 Å². The molecule has 0 aliphatic heterocycles. The maximum Gasteiger partial charge on any atom is 0.334 e. The van der Waals surface area contributed by atoms with Crippen LogP contribution in [0, 0.1) is 0 Å². The summed E-state index contributed by atoms with van der Waals surface area (Å²) in [6.07, 6.45) is 1.19. The first-order valence-corrected chi connectivity index (χ1v) is 10.1. The molecule has 1 heterocycles. The van der Waals surface area contributed by atoms with E-state index < -0.39 is 15.9 Å². The van der Waals surface area contributed by atoms with Crippen LogP contribution in [0.1, 0.15) is 15.3 Å². The predicted octanol–water partition coefficient (Wildman–Crippen LogP) is 2.63. The van der Waals surface area contributed by atoms with Crippen LogP contribution in [0.4, 0.5) is 4.79 Å². The lowest BCUT2D eigenvalue weighted by Crippen LogP contribution is -2.29. The average Bonchev–Trinajstić information content (AvgIpc) is 2.95. The van der Waals surface area contributed by atoms with Crippen molar-refractivity contribution in [3.63, 3.8) is 0 Å². The second-order valence-electron chi connectivity index (χ2n) is 4.99. The van der Waals surface area contributed by atoms with Crippen molar-refractivity contribution in [1.82, 2.24) is 10.7 Å². The lowest BCUT2D eigenvalue weighted by molar-refractivity contribution is 0.243. The van der Waals surface area contributed by atoms with Crippen LogP contribution < -0.4 is 10.7 Å². The molecule has 2 amide bonds. The third-order valence-electron chi connectivity index (χ3n) is 2.91. The molecule has 0 unspecified atom stereocenters. The van der Waals surface area contributed by atoms with Gasteiger partial charge in [-0.3, -0.25) is 0 Å². The molecule has 1 aromatic carbocycles. The molecular weight excluding hydrogens is 370 g/mol. The standard InChI is InChI=1S/C15H16ClN3O3S2/c1-17-15(20)19-18-14(10-3-5-11(16)6-4-10)13-8-7-12(23-13)9-24(2,21)22/h3-8H,9H2,1-2H3,(H2,17,19,20). The summed E-state index contributed by atoms with van der Waals surface area (Å²) in [5.74, 6) is -0.0333. The fraction of sp³-hybridized carbons (Fsp3) is 0.200. The van der Waals surface area contributed by atoms with Gasteiger partial charge in [0.2, 0.25) is 0 Å². The minimum absolute atomic E-state index is 0.0333. The molecular formula is C15H16ClN3O3S2. The van der Waals surface area contributed by atoms with Gasteiger partial charge in [0, 0.05) is 28.8 Å². The van der Waals surface area contributed by atoms with Gasteiger partial charge in [-0.25, -0.2) is 18.6 Å². The molecule has 2 aromatic rings. The summed E-state index contributed by atoms with van der Waals surface area (Å²) in [7, 11) is -1.63. The molecule has 0 fully saturated rings. The van der Waals surface area contributed by atoms with Crippen molar-refractivity contribution in [2.24, 2.45) is 5.10 Å². The lowest BCUT2D eigenvalue weighted by Gasteiger charge is -2.06. The van der Waals surface area contributed by atoms with Crippen LogP contribution in [0.2, 0.25) is 5.02 Å². The number of amides is 2. The summed E-state index contributed by atoms with van der Waals surface area (Å²) < 4.78 is 22.9. The molecule has 0 atom stereocenters. The Balaban J connectivity index is 2.39. The van der Waals surface area contributed by atoms with Crippen molar-refractivity contribution in [3.05, 3.63) is 56.7 Å². The fourth-order valence-electron chi connectivity index (χ4n) is 1.87. The van der Waals surface area contributed by atoms with Crippen molar-refractivity contribution in [2.75, 3.05) is 13.3 Å². The Morgan fingerprint density at radius 3 is 2.46 bits per heavy atom. The van der Waals surface area contributed by atoms with Crippen molar-refractivity contribution in [1.29, 1.82) is 0 Å². The molecule has 0 spiro atoms. The Kier molecular flexibility index (Phi) is 5.98. The van der Waals surface area contributed by atoms with E-state index >= 15 is 0 Å². The van der Waals surface area contributed by atoms with Crippen LogP contribution in [0.5, 0.6) is 0 Å². The Labute approximate surface area is 149 Å². The monoisotopic (exact) mass is 385 g/mol. The van der Waals surface area contributed by atoms with Gasteiger partial charge in [-0.1, -0.05) is 23.7 Å². The van der Waals surface area contributed by atoms with E-state index in [4.69, 9.17) is 11.6 Å². The topological polar surface area (TPSA) is 87.6 Å². The second-order valence-corrected chi connectivity index (χ2v) is 8.74. The van der Waals surface area contributed by atoms with E-state index in [2.05, 4.69) is 15.8 Å². The van der Waals surface area contributed by atoms with E-state index in [1.54, 1.807) is 36.4 Å². The largest absolute Gasteiger partial charge is 0.340 e. The van der Waals surface area contributed by atoms with Gasteiger partial charge in [0.25, 0.3) is 0 Å². The number of hydrogen-bond acceptors (Lipinski definition) is 5. The zero-order valence-electron chi connectivity index (χ0n) is 13.0. The van der Waals surface area contributed by atoms with Gasteiger partial charge in [-0.15, -0.1) is 11.3 Å². The zero-order valence-corrected chi connectivity index (χ0v) is 15.4. The smallest absolute Gasteiger partial charge is 0.334 e. The van der Waals surface area contributed by atoms with E-state index in [9.17, 15) is 13.2 Å². The van der Waals surface area contributed by atoms with Gasteiger partial charge in [0.1, 0.15) is 5.71 Å². The Bertz CT molecular complexity index is 858. The minimum atomic E-state index is -3.12. The number of hydrazone groups is 1. The normalized spacial score (nSPS) is 12.0. The van der Waals surface area contributed by atoms with Gasteiger partial charge < -0.3 is 5.32 Å². The first-order valence-electron chi connectivity index (χ1n) is 6.86. The quantitative estimate of drug-likeness (QED) is 0.612. The maximum absolute atomic E-state index is 11.4. The molecule has 128 valence electrons. The van der Waals surface area contributed by atoms with Gasteiger partial charge in [0.05, 0.1) is 10.6 Å². The number of nitrogens with one attached hydrogen (secondary N) is 2. The SMILES string of the molecule is CNC(=O)NN=C(c1ccc(Cl)cc1)c1ccc(CS(C)(=O)=O)s1. The first-order chi connectivity index (χ1) is 11.3. The molecule has 9 heteroatoms. The van der Waals surface area contributed by atoms with E-state index in [0.29, 0.717) is 15.6 Å². The summed E-state index contributed by atoms with van der Waals surface area (Å²) in [6, 6.07) is 10.1. The number of urea groups is 1. The van der Waals surface area contributed by atoms with Crippen molar-refractivity contribution in [3.8, 4) is 0 Å². The first kappa shape index (κ1) is 18.4. The van der Waals surface area contributed by atoms with Crippen LogP contribution in [0.25, 0.3) is 0 Å². The summed E-state index contributed by atoms with van der Waals surface area (Å²) in [6.45, 7) is 0. The molecule has 0 aliphatic rings. The van der Waals surface area contributed by atoms with Crippen LogP contribution in [0.3, 0.4) is 0 Å². The number of rotatable bonds is 5. The second kappa shape index (κ2) is 7.78. The molecule has 0 bridgehead atoms. The van der Waals surface area contributed by atoms with Crippen LogP contribution in [-0.4, -0.2) is 33.5 Å². The van der Waals surface area contributed by atoms with Gasteiger partial charge >= 0.3 is 6.03 Å². The highest BCUT2D eigenvalue weighted by molar-refractivity contribution is 7.90. The molecule has 2 N–H and O–H groups in total. The number of hydrogen-bond donors (Lipinski definition) is 2. The third kappa shape index (κ3) is 5.33. The van der Waals surface area contributed by atoms with E-state index in [0.717, 1.165) is 10.4 Å². The number of halogens is 1. The molecule has 0 radical (unpaired) electrons. The number of carbonyl (C=O) groups is 1. The number of carbonyl (C=O) groups excluding carboxylic acids is 1. The number of thiophene rings is 1. The highest BCUT2D eigenvalue weighted by atomic mass is 35.5. The molecule has 6 nitrogen and oxygen atoms in total. The van der Waals surface area contributed by atoms with Crippen molar-refractivity contribution >= 4 is 44.5 Å². The van der Waals surface area contributed by atoms with E-state index in [1.807, 2.05) is 0 Å². The van der Waals surface area contributed by atoms with Crippen molar-refractivity contribution < 1.29 is 13.2 Å². The Morgan fingerprint density at radius 1 is 1.21 bits per heavy atom. The van der Waals surface area contributed by atoms with Crippen LogP contribution in [0.15, 0.2) is 41.5 Å². The van der Waals surface area contributed by atoms with E-state index in [1.165, 1.54) is 24.6 Å². The zero-order chi connectivity index (χ0) is 17.7. The number of nitrogens with zero attached hydrogens (tertiary/aromatic N) is 1. The Hall–Kier alpha value is -1.90. The van der Waals surface area contributed by atoms with Gasteiger partial charge in [0.15, 0.2) is 9.84 Å². The fourth-order valence-corrected chi connectivity index (χ4v) is 4.31. The molecule has 0 saturated carbocycles. The summed E-state index contributed by atoms with van der Waals surface area (Å²) in [4.78, 5) is 12.8. The highest BCUT2D eigenvalue weighted by Crippen LogP contribution is 2.23. The van der Waals surface area contributed by atoms with Crippen LogP contribution >= 0.6 is 22.9 Å². The molecule has 24 heavy (non-hydrogen) atoms. The Morgan fingerprint density at radius 2 is 1.88 bits per heavy atom. The predicted molar refractivity (Wildman–Crippen MR) is 97.5 cm³/mol. The molecule has 0 aliphatic carbocycles. The maximum atomic E-state index is 11.4. The third-order valence-corrected chi connectivity index (χ3v) is 5.28. The summed E-state index contributed by atoms with van der Waals surface area (Å²) in [5.41, 5.74) is 3.68. The lowest BCUT2D eigenvalue weighted by atomic mass is 10.1. The number of sulfone groups is 1. The number of benzene rings is 1. The summed E-state index contributed by atoms with van der Waals surface area (Å²) >= 11 is 7.22. The molecule has 2 rings (SSSR count). The van der Waals surface area contributed by atoms with Gasteiger partial charge in [-0.05, 0) is 24.3 Å². The summed E-state index contributed by atoms with van der Waals surface area (Å²) in [5, 5.41) is 7.15. The minimum Gasteiger partial charge on any atom is -0.340 e. The molecule has 0 saturated heterocycles. The van der Waals surface area contributed by atoms with Gasteiger partial charge in [-0.2, -0.15) is 5.10 Å². The molecule has 1 aromatic heterocycles. The van der Waals surface area contributed by atoms with Crippen LogP contribution in [-0.2, 0) is 15.6 Å². The highest BCUT2D eigenvalue weighted by Gasteiger charge is 2.13. The average molecular weight is 386 g/mol.